The first-order chi connectivity index (χ1) is 13.7. The highest BCUT2D eigenvalue weighted by Crippen LogP contribution is 2.44. The first-order valence-electron chi connectivity index (χ1n) is 9.98. The fourth-order valence-corrected chi connectivity index (χ4v) is 4.14. The molecule has 0 spiro atoms. The van der Waals surface area contributed by atoms with Crippen molar-refractivity contribution in [2.75, 3.05) is 19.8 Å². The number of hydrogen-bond donors (Lipinski definition) is 1. The van der Waals surface area contributed by atoms with Gasteiger partial charge in [0.1, 0.15) is 13.2 Å². The molecule has 4 rings (SSSR count). The van der Waals surface area contributed by atoms with Gasteiger partial charge in [0, 0.05) is 18.3 Å². The zero-order chi connectivity index (χ0) is 19.4. The third-order valence-electron chi connectivity index (χ3n) is 5.56. The van der Waals surface area contributed by atoms with Crippen LogP contribution in [0.25, 0.3) is 0 Å². The van der Waals surface area contributed by atoms with Crippen LogP contribution >= 0.6 is 0 Å². The molecule has 1 fully saturated rings. The van der Waals surface area contributed by atoms with Crippen molar-refractivity contribution in [3.05, 3.63) is 47.7 Å². The van der Waals surface area contributed by atoms with Gasteiger partial charge in [0.05, 0.1) is 12.0 Å². The Morgan fingerprint density at radius 2 is 1.96 bits per heavy atom. The summed E-state index contributed by atoms with van der Waals surface area (Å²) in [6.45, 7) is 3.96. The fraction of sp³-hybridized carbons (Fsp3) is 0.455. The average Bonchev–Trinajstić information content (AvgIpc) is 3.24. The first-order valence-corrected chi connectivity index (χ1v) is 9.98. The molecule has 148 valence electrons. The van der Waals surface area contributed by atoms with Crippen LogP contribution in [0, 0.1) is 0 Å². The van der Waals surface area contributed by atoms with Gasteiger partial charge in [-0.1, -0.05) is 25.0 Å². The number of hydrogen-bond acceptors (Lipinski definition) is 5. The monoisotopic (exact) mass is 382 g/mol. The average molecular weight is 382 g/mol. The van der Waals surface area contributed by atoms with Gasteiger partial charge in [-0.25, -0.2) is 4.98 Å². The largest absolute Gasteiger partial charge is 0.486 e. The predicted molar refractivity (Wildman–Crippen MR) is 105 cm³/mol. The smallest absolute Gasteiger partial charge is 0.230 e. The molecule has 28 heavy (non-hydrogen) atoms. The van der Waals surface area contributed by atoms with Crippen LogP contribution < -0.4 is 19.5 Å². The molecule has 2 aliphatic rings. The molecule has 1 aliphatic carbocycles. The molecular weight excluding hydrogens is 356 g/mol. The van der Waals surface area contributed by atoms with Crippen molar-refractivity contribution in [3.63, 3.8) is 0 Å². The van der Waals surface area contributed by atoms with E-state index in [4.69, 9.17) is 14.2 Å². The Bertz CT molecular complexity index is 846. The standard InChI is InChI=1S/C22H26N2O4/c1-2-26-20-16(6-5-11-23-20)15-24-21(25)22(9-3-4-10-22)17-7-8-18-19(14-17)28-13-12-27-18/h5-8,11,14H,2-4,9-10,12-13,15H2,1H3,(H,24,25). The third-order valence-corrected chi connectivity index (χ3v) is 5.56. The van der Waals surface area contributed by atoms with Gasteiger partial charge in [0.2, 0.25) is 11.8 Å². The molecule has 1 saturated carbocycles. The molecule has 2 heterocycles. The van der Waals surface area contributed by atoms with Gasteiger partial charge in [-0.05, 0) is 43.5 Å². The Hall–Kier alpha value is -2.76. The van der Waals surface area contributed by atoms with Crippen LogP contribution in [-0.2, 0) is 16.8 Å². The summed E-state index contributed by atoms with van der Waals surface area (Å²) >= 11 is 0. The van der Waals surface area contributed by atoms with E-state index in [0.29, 0.717) is 32.2 Å². The van der Waals surface area contributed by atoms with Crippen molar-refractivity contribution in [2.24, 2.45) is 0 Å². The summed E-state index contributed by atoms with van der Waals surface area (Å²) in [5, 5.41) is 3.13. The lowest BCUT2D eigenvalue weighted by Crippen LogP contribution is -2.42. The molecule has 1 N–H and O–H groups in total. The lowest BCUT2D eigenvalue weighted by molar-refractivity contribution is -0.126. The van der Waals surface area contributed by atoms with Crippen LogP contribution in [0.2, 0.25) is 0 Å². The van der Waals surface area contributed by atoms with Crippen molar-refractivity contribution in [1.82, 2.24) is 10.3 Å². The second-order valence-corrected chi connectivity index (χ2v) is 7.23. The molecule has 0 bridgehead atoms. The molecule has 2 aromatic rings. The number of fused-ring (bicyclic) bond motifs is 1. The van der Waals surface area contributed by atoms with Crippen molar-refractivity contribution in [3.8, 4) is 17.4 Å². The fourth-order valence-electron chi connectivity index (χ4n) is 4.14. The van der Waals surface area contributed by atoms with Crippen molar-refractivity contribution in [1.29, 1.82) is 0 Å². The highest BCUT2D eigenvalue weighted by Gasteiger charge is 2.43. The zero-order valence-corrected chi connectivity index (χ0v) is 16.2. The molecule has 1 aliphatic heterocycles. The van der Waals surface area contributed by atoms with Crippen LogP contribution in [0.4, 0.5) is 0 Å². The summed E-state index contributed by atoms with van der Waals surface area (Å²) in [5.41, 5.74) is 1.36. The van der Waals surface area contributed by atoms with E-state index in [1.807, 2.05) is 37.3 Å². The SMILES string of the molecule is CCOc1ncccc1CNC(=O)C1(c2ccc3c(c2)OCCO3)CCCC1. The molecule has 1 amide bonds. The summed E-state index contributed by atoms with van der Waals surface area (Å²) in [7, 11) is 0. The molecule has 0 unspecified atom stereocenters. The molecule has 0 saturated heterocycles. The number of amides is 1. The Kier molecular flexibility index (Phi) is 5.37. The van der Waals surface area contributed by atoms with Crippen LogP contribution in [0.1, 0.15) is 43.7 Å². The Morgan fingerprint density at radius 1 is 1.18 bits per heavy atom. The summed E-state index contributed by atoms with van der Waals surface area (Å²) in [4.78, 5) is 17.6. The third kappa shape index (κ3) is 3.51. The zero-order valence-electron chi connectivity index (χ0n) is 16.2. The van der Waals surface area contributed by atoms with Crippen molar-refractivity contribution in [2.45, 2.75) is 44.6 Å². The van der Waals surface area contributed by atoms with E-state index < -0.39 is 5.41 Å². The van der Waals surface area contributed by atoms with Gasteiger partial charge in [0.15, 0.2) is 11.5 Å². The second kappa shape index (κ2) is 8.09. The minimum Gasteiger partial charge on any atom is -0.486 e. The van der Waals surface area contributed by atoms with Crippen molar-refractivity contribution >= 4 is 5.91 Å². The summed E-state index contributed by atoms with van der Waals surface area (Å²) in [5.74, 6) is 2.10. The molecule has 0 atom stereocenters. The van der Waals surface area contributed by atoms with Gasteiger partial charge >= 0.3 is 0 Å². The van der Waals surface area contributed by atoms with Crippen LogP contribution in [0.15, 0.2) is 36.5 Å². The number of ether oxygens (including phenoxy) is 3. The quantitative estimate of drug-likeness (QED) is 0.829. The van der Waals surface area contributed by atoms with E-state index >= 15 is 0 Å². The minimum atomic E-state index is -0.524. The highest BCUT2D eigenvalue weighted by atomic mass is 16.6. The van der Waals surface area contributed by atoms with E-state index in [1.54, 1.807) is 6.20 Å². The maximum atomic E-state index is 13.3. The van der Waals surface area contributed by atoms with Gasteiger partial charge in [-0.15, -0.1) is 0 Å². The molecule has 0 radical (unpaired) electrons. The Balaban J connectivity index is 1.55. The molecule has 6 nitrogen and oxygen atoms in total. The number of carbonyl (C=O) groups excluding carboxylic acids is 1. The van der Waals surface area contributed by atoms with E-state index in [0.717, 1.165) is 48.3 Å². The second-order valence-electron chi connectivity index (χ2n) is 7.23. The Morgan fingerprint density at radius 3 is 2.75 bits per heavy atom. The molecule has 6 heteroatoms. The van der Waals surface area contributed by atoms with Crippen molar-refractivity contribution < 1.29 is 19.0 Å². The summed E-state index contributed by atoms with van der Waals surface area (Å²) < 4.78 is 16.9. The molecule has 1 aromatic heterocycles. The van der Waals surface area contributed by atoms with E-state index in [9.17, 15) is 4.79 Å². The van der Waals surface area contributed by atoms with E-state index in [2.05, 4.69) is 10.3 Å². The van der Waals surface area contributed by atoms with E-state index in [1.165, 1.54) is 0 Å². The first kappa shape index (κ1) is 18.6. The van der Waals surface area contributed by atoms with Crippen LogP contribution in [-0.4, -0.2) is 30.7 Å². The minimum absolute atomic E-state index is 0.0491. The van der Waals surface area contributed by atoms with Gasteiger partial charge in [-0.2, -0.15) is 0 Å². The predicted octanol–water partition coefficient (Wildman–Crippen LogP) is 3.38. The lowest BCUT2D eigenvalue weighted by atomic mass is 9.77. The number of aromatic nitrogens is 1. The van der Waals surface area contributed by atoms with Crippen LogP contribution in [0.5, 0.6) is 17.4 Å². The topological polar surface area (TPSA) is 69.7 Å². The number of benzene rings is 1. The summed E-state index contributed by atoms with van der Waals surface area (Å²) in [6.07, 6.45) is 5.45. The van der Waals surface area contributed by atoms with Gasteiger partial charge in [0.25, 0.3) is 0 Å². The number of carbonyl (C=O) groups is 1. The van der Waals surface area contributed by atoms with Gasteiger partial charge in [-0.3, -0.25) is 4.79 Å². The normalized spacial score (nSPS) is 17.2. The number of nitrogens with zero attached hydrogens (tertiary/aromatic N) is 1. The lowest BCUT2D eigenvalue weighted by Gasteiger charge is -2.30. The highest BCUT2D eigenvalue weighted by molar-refractivity contribution is 5.88. The van der Waals surface area contributed by atoms with Crippen LogP contribution in [0.3, 0.4) is 0 Å². The molecule has 1 aromatic carbocycles. The maximum Gasteiger partial charge on any atom is 0.230 e. The summed E-state index contributed by atoms with van der Waals surface area (Å²) in [6, 6.07) is 9.70. The van der Waals surface area contributed by atoms with Gasteiger partial charge < -0.3 is 19.5 Å². The number of pyridine rings is 1. The maximum absolute atomic E-state index is 13.3. The van der Waals surface area contributed by atoms with E-state index in [-0.39, 0.29) is 5.91 Å². The molecular formula is C22H26N2O4. The number of nitrogens with one attached hydrogen (secondary N) is 1. The number of rotatable bonds is 6. The Labute approximate surface area is 165 Å².